The average molecular weight is 285 g/mol. The first kappa shape index (κ1) is 15.1. The lowest BCUT2D eigenvalue weighted by molar-refractivity contribution is 0.0634. The van der Waals surface area contributed by atoms with Gasteiger partial charge in [-0.25, -0.2) is 4.98 Å². The Morgan fingerprint density at radius 3 is 2.81 bits per heavy atom. The number of carbonyl (C=O) groups is 1. The van der Waals surface area contributed by atoms with Crippen LogP contribution in [0.15, 0.2) is 48.9 Å². The molecule has 5 heteroatoms. The van der Waals surface area contributed by atoms with Gasteiger partial charge in [0.1, 0.15) is 5.69 Å². The van der Waals surface area contributed by atoms with E-state index >= 15 is 0 Å². The maximum Gasteiger partial charge on any atom is 0.271 e. The molecular weight excluding hydrogens is 266 g/mol. The molecule has 0 fully saturated rings. The van der Waals surface area contributed by atoms with Crippen molar-refractivity contribution in [1.82, 2.24) is 15.3 Å². The molecule has 1 amide bonds. The van der Waals surface area contributed by atoms with E-state index in [9.17, 15) is 4.79 Å². The first-order chi connectivity index (χ1) is 10.3. The zero-order valence-corrected chi connectivity index (χ0v) is 12.0. The van der Waals surface area contributed by atoms with Crippen molar-refractivity contribution >= 4 is 5.91 Å². The zero-order chi connectivity index (χ0) is 14.9. The minimum Gasteiger partial charge on any atom is -0.374 e. The van der Waals surface area contributed by atoms with E-state index in [-0.39, 0.29) is 12.0 Å². The fourth-order valence-electron chi connectivity index (χ4n) is 1.86. The third kappa shape index (κ3) is 4.96. The predicted molar refractivity (Wildman–Crippen MR) is 79.8 cm³/mol. The molecule has 1 aromatic carbocycles. The van der Waals surface area contributed by atoms with Gasteiger partial charge >= 0.3 is 0 Å². The Labute approximate surface area is 124 Å². The molecule has 0 bridgehead atoms. The van der Waals surface area contributed by atoms with Gasteiger partial charge in [0.2, 0.25) is 0 Å². The average Bonchev–Trinajstić information content (AvgIpc) is 2.55. The van der Waals surface area contributed by atoms with E-state index < -0.39 is 0 Å². The molecule has 1 heterocycles. The summed E-state index contributed by atoms with van der Waals surface area (Å²) in [6.45, 7) is 3.17. The molecule has 0 radical (unpaired) electrons. The predicted octanol–water partition coefficient (Wildman–Crippen LogP) is 2.37. The molecule has 2 aromatic rings. The molecule has 0 aliphatic rings. The molecule has 0 spiro atoms. The second-order valence-electron chi connectivity index (χ2n) is 4.62. The normalized spacial score (nSPS) is 11.9. The Bertz CT molecular complexity index is 546. The van der Waals surface area contributed by atoms with E-state index in [0.717, 1.165) is 12.0 Å². The summed E-state index contributed by atoms with van der Waals surface area (Å²) in [5, 5.41) is 2.79. The van der Waals surface area contributed by atoms with Crippen LogP contribution in [-0.4, -0.2) is 29.0 Å². The van der Waals surface area contributed by atoms with Gasteiger partial charge in [0, 0.05) is 25.5 Å². The molecule has 0 unspecified atom stereocenters. The standard InChI is InChI=1S/C16H19N3O2/c1-13(14-6-3-2-4-7-14)21-11-5-8-19-16(20)15-12-17-9-10-18-15/h2-4,6-7,9-10,12-13H,5,8,11H2,1H3,(H,19,20)/t13-/m1/s1. The Morgan fingerprint density at radius 1 is 1.29 bits per heavy atom. The summed E-state index contributed by atoms with van der Waals surface area (Å²) in [6.07, 6.45) is 5.30. The highest BCUT2D eigenvalue weighted by molar-refractivity contribution is 5.91. The molecule has 0 saturated carbocycles. The first-order valence-corrected chi connectivity index (χ1v) is 6.98. The Balaban J connectivity index is 1.63. The summed E-state index contributed by atoms with van der Waals surface area (Å²) >= 11 is 0. The number of amides is 1. The second-order valence-corrected chi connectivity index (χ2v) is 4.62. The molecule has 5 nitrogen and oxygen atoms in total. The van der Waals surface area contributed by atoms with Gasteiger partial charge in [-0.1, -0.05) is 30.3 Å². The van der Waals surface area contributed by atoms with Crippen molar-refractivity contribution in [2.75, 3.05) is 13.2 Å². The third-order valence-corrected chi connectivity index (χ3v) is 3.04. The van der Waals surface area contributed by atoms with Crippen LogP contribution < -0.4 is 5.32 Å². The molecular formula is C16H19N3O2. The van der Waals surface area contributed by atoms with Gasteiger partial charge in [-0.2, -0.15) is 0 Å². The number of nitrogens with one attached hydrogen (secondary N) is 1. The van der Waals surface area contributed by atoms with Gasteiger partial charge in [-0.05, 0) is 18.9 Å². The Morgan fingerprint density at radius 2 is 2.10 bits per heavy atom. The van der Waals surface area contributed by atoms with Crippen LogP contribution in [0.25, 0.3) is 0 Å². The molecule has 1 atom stereocenters. The highest BCUT2D eigenvalue weighted by Gasteiger charge is 2.07. The van der Waals surface area contributed by atoms with Gasteiger partial charge in [-0.15, -0.1) is 0 Å². The minimum absolute atomic E-state index is 0.0573. The van der Waals surface area contributed by atoms with E-state index in [0.29, 0.717) is 18.8 Å². The van der Waals surface area contributed by atoms with Crippen molar-refractivity contribution in [3.05, 3.63) is 60.2 Å². The van der Waals surface area contributed by atoms with Gasteiger partial charge < -0.3 is 10.1 Å². The van der Waals surface area contributed by atoms with E-state index in [1.54, 1.807) is 0 Å². The number of aromatic nitrogens is 2. The summed E-state index contributed by atoms with van der Waals surface area (Å²) in [6, 6.07) is 10.1. The number of hydrogen-bond acceptors (Lipinski definition) is 4. The van der Waals surface area contributed by atoms with Crippen molar-refractivity contribution in [1.29, 1.82) is 0 Å². The molecule has 21 heavy (non-hydrogen) atoms. The monoisotopic (exact) mass is 285 g/mol. The van der Waals surface area contributed by atoms with Crippen molar-refractivity contribution in [2.24, 2.45) is 0 Å². The highest BCUT2D eigenvalue weighted by Crippen LogP contribution is 2.15. The lowest BCUT2D eigenvalue weighted by atomic mass is 10.1. The Kier molecular flexibility index (Phi) is 5.84. The Hall–Kier alpha value is -2.27. The van der Waals surface area contributed by atoms with Crippen LogP contribution in [0.2, 0.25) is 0 Å². The highest BCUT2D eigenvalue weighted by atomic mass is 16.5. The molecule has 0 saturated heterocycles. The number of rotatable bonds is 7. The van der Waals surface area contributed by atoms with E-state index in [2.05, 4.69) is 15.3 Å². The lowest BCUT2D eigenvalue weighted by Gasteiger charge is -2.13. The van der Waals surface area contributed by atoms with Crippen LogP contribution in [0.3, 0.4) is 0 Å². The SMILES string of the molecule is C[C@@H](OCCCNC(=O)c1cnccn1)c1ccccc1. The molecule has 1 aromatic heterocycles. The fourth-order valence-corrected chi connectivity index (χ4v) is 1.86. The van der Waals surface area contributed by atoms with Gasteiger partial charge in [0.05, 0.1) is 12.3 Å². The molecule has 110 valence electrons. The van der Waals surface area contributed by atoms with Gasteiger partial charge in [0.15, 0.2) is 0 Å². The molecule has 0 aliphatic carbocycles. The number of hydrogen-bond donors (Lipinski definition) is 1. The summed E-state index contributed by atoms with van der Waals surface area (Å²) in [5.74, 6) is -0.209. The van der Waals surface area contributed by atoms with Gasteiger partial charge in [0.25, 0.3) is 5.91 Å². The third-order valence-electron chi connectivity index (χ3n) is 3.04. The minimum atomic E-state index is -0.209. The quantitative estimate of drug-likeness (QED) is 0.793. The summed E-state index contributed by atoms with van der Waals surface area (Å²) in [4.78, 5) is 19.5. The van der Waals surface area contributed by atoms with Crippen molar-refractivity contribution in [3.63, 3.8) is 0 Å². The van der Waals surface area contributed by atoms with Crippen LogP contribution in [0.1, 0.15) is 35.5 Å². The number of carbonyl (C=O) groups excluding carboxylic acids is 1. The molecule has 2 rings (SSSR count). The number of benzene rings is 1. The summed E-state index contributed by atoms with van der Waals surface area (Å²) in [5.41, 5.74) is 1.48. The molecule has 1 N–H and O–H groups in total. The number of nitrogens with zero attached hydrogens (tertiary/aromatic N) is 2. The van der Waals surface area contributed by atoms with Crippen LogP contribution in [-0.2, 0) is 4.74 Å². The van der Waals surface area contributed by atoms with E-state index in [1.807, 2.05) is 37.3 Å². The summed E-state index contributed by atoms with van der Waals surface area (Å²) in [7, 11) is 0. The number of ether oxygens (including phenoxy) is 1. The first-order valence-electron chi connectivity index (χ1n) is 6.98. The van der Waals surface area contributed by atoms with Crippen molar-refractivity contribution in [3.8, 4) is 0 Å². The maximum atomic E-state index is 11.7. The van der Waals surface area contributed by atoms with E-state index in [4.69, 9.17) is 4.74 Å². The lowest BCUT2D eigenvalue weighted by Crippen LogP contribution is -2.26. The maximum absolute atomic E-state index is 11.7. The summed E-state index contributed by atoms with van der Waals surface area (Å²) < 4.78 is 5.74. The zero-order valence-electron chi connectivity index (χ0n) is 12.0. The fraction of sp³-hybridized carbons (Fsp3) is 0.312. The van der Waals surface area contributed by atoms with E-state index in [1.165, 1.54) is 18.6 Å². The molecule has 0 aliphatic heterocycles. The smallest absolute Gasteiger partial charge is 0.271 e. The topological polar surface area (TPSA) is 64.1 Å². The second kappa shape index (κ2) is 8.11. The van der Waals surface area contributed by atoms with Crippen LogP contribution in [0.5, 0.6) is 0 Å². The van der Waals surface area contributed by atoms with Crippen molar-refractivity contribution < 1.29 is 9.53 Å². The van der Waals surface area contributed by atoms with Crippen LogP contribution in [0, 0.1) is 0 Å². The largest absolute Gasteiger partial charge is 0.374 e. The van der Waals surface area contributed by atoms with Gasteiger partial charge in [-0.3, -0.25) is 9.78 Å². The van der Waals surface area contributed by atoms with Crippen LogP contribution >= 0.6 is 0 Å². The van der Waals surface area contributed by atoms with Crippen LogP contribution in [0.4, 0.5) is 0 Å². The van der Waals surface area contributed by atoms with Crippen molar-refractivity contribution in [2.45, 2.75) is 19.4 Å².